The second kappa shape index (κ2) is 14.0. The Balaban J connectivity index is 3.44. The Labute approximate surface area is 213 Å². The number of nitrogens with zero attached hydrogens (tertiary/aromatic N) is 1. The summed E-state index contributed by atoms with van der Waals surface area (Å²) in [5, 5.41) is 5.16. The zero-order chi connectivity index (χ0) is 26.8. The minimum atomic E-state index is -1.03. The molecule has 0 radical (unpaired) electrons. The van der Waals surface area contributed by atoms with E-state index >= 15 is 0 Å². The van der Waals surface area contributed by atoms with Crippen molar-refractivity contribution in [3.63, 3.8) is 0 Å². The van der Waals surface area contributed by atoms with Gasteiger partial charge >= 0.3 is 12.1 Å². The standard InChI is InChI=1S/C25H39N3O6S/c1-8-9-13-28(23(31)19(15-35)27-24(32)34-25(4,5)6)21(22(30)26-14-20(29)33-7)18-12-10-11-16(2)17(18)3/h10-12,19,21,35H,8-9,13-15H2,1-7H3,(H,26,30)(H,27,32). The third-order valence-corrected chi connectivity index (χ3v) is 5.71. The van der Waals surface area contributed by atoms with Crippen LogP contribution in [0.1, 0.15) is 63.3 Å². The number of carbonyl (C=O) groups is 4. The van der Waals surface area contributed by atoms with Crippen molar-refractivity contribution in [2.24, 2.45) is 0 Å². The van der Waals surface area contributed by atoms with E-state index in [0.717, 1.165) is 17.5 Å². The molecule has 196 valence electrons. The summed E-state index contributed by atoms with van der Waals surface area (Å²) in [6.45, 7) is 10.9. The van der Waals surface area contributed by atoms with Gasteiger partial charge in [0, 0.05) is 12.3 Å². The maximum absolute atomic E-state index is 13.7. The van der Waals surface area contributed by atoms with Gasteiger partial charge in [-0.1, -0.05) is 31.5 Å². The van der Waals surface area contributed by atoms with E-state index in [2.05, 4.69) is 28.0 Å². The average Bonchev–Trinajstić information content (AvgIpc) is 2.79. The highest BCUT2D eigenvalue weighted by molar-refractivity contribution is 7.80. The van der Waals surface area contributed by atoms with E-state index in [1.807, 2.05) is 32.9 Å². The molecule has 2 atom stereocenters. The first-order valence-corrected chi connectivity index (χ1v) is 12.3. The Morgan fingerprint density at radius 2 is 1.80 bits per heavy atom. The van der Waals surface area contributed by atoms with Gasteiger partial charge in [-0.2, -0.15) is 12.6 Å². The molecule has 1 aromatic rings. The van der Waals surface area contributed by atoms with Crippen molar-refractivity contribution in [2.75, 3.05) is 26.0 Å². The first kappa shape index (κ1) is 30.3. The Morgan fingerprint density at radius 3 is 2.34 bits per heavy atom. The van der Waals surface area contributed by atoms with Gasteiger partial charge in [0.2, 0.25) is 11.8 Å². The van der Waals surface area contributed by atoms with Crippen LogP contribution < -0.4 is 10.6 Å². The number of alkyl carbamates (subject to hydrolysis) is 1. The number of amides is 3. The van der Waals surface area contributed by atoms with Crippen LogP contribution in [0.15, 0.2) is 18.2 Å². The lowest BCUT2D eigenvalue weighted by Gasteiger charge is -2.35. The number of methoxy groups -OCH3 is 1. The summed E-state index contributed by atoms with van der Waals surface area (Å²) < 4.78 is 9.94. The number of unbranched alkanes of at least 4 members (excludes halogenated alkanes) is 1. The molecule has 0 heterocycles. The van der Waals surface area contributed by atoms with Crippen molar-refractivity contribution in [1.29, 1.82) is 0 Å². The predicted molar refractivity (Wildman–Crippen MR) is 137 cm³/mol. The summed E-state index contributed by atoms with van der Waals surface area (Å²) in [7, 11) is 1.23. The van der Waals surface area contributed by atoms with Crippen LogP contribution in [0.4, 0.5) is 4.79 Å². The maximum Gasteiger partial charge on any atom is 0.408 e. The van der Waals surface area contributed by atoms with Crippen LogP contribution in [0, 0.1) is 13.8 Å². The van der Waals surface area contributed by atoms with Gasteiger partial charge in [-0.3, -0.25) is 14.4 Å². The number of aryl methyl sites for hydroxylation is 1. The van der Waals surface area contributed by atoms with Crippen LogP contribution in [-0.2, 0) is 23.9 Å². The molecule has 1 rings (SSSR count). The molecule has 2 N–H and O–H groups in total. The molecular formula is C25H39N3O6S. The monoisotopic (exact) mass is 509 g/mol. The number of hydrogen-bond acceptors (Lipinski definition) is 7. The Bertz CT molecular complexity index is 900. The van der Waals surface area contributed by atoms with Gasteiger partial charge in [0.1, 0.15) is 24.2 Å². The lowest BCUT2D eigenvalue weighted by Crippen LogP contribution is -2.54. The number of rotatable bonds is 11. The van der Waals surface area contributed by atoms with Crippen LogP contribution in [0.5, 0.6) is 0 Å². The highest BCUT2D eigenvalue weighted by atomic mass is 32.1. The number of carbonyl (C=O) groups excluding carboxylic acids is 4. The highest BCUT2D eigenvalue weighted by Crippen LogP contribution is 2.28. The Hall–Kier alpha value is -2.75. The van der Waals surface area contributed by atoms with E-state index in [0.29, 0.717) is 12.0 Å². The van der Waals surface area contributed by atoms with Gasteiger partial charge in [0.05, 0.1) is 7.11 Å². The minimum absolute atomic E-state index is 0.00397. The second-order valence-electron chi connectivity index (χ2n) is 9.25. The number of thiol groups is 1. The van der Waals surface area contributed by atoms with Gasteiger partial charge in [-0.05, 0) is 57.7 Å². The number of esters is 1. The number of ether oxygens (including phenoxy) is 2. The van der Waals surface area contributed by atoms with Crippen molar-refractivity contribution >= 4 is 36.5 Å². The van der Waals surface area contributed by atoms with Crippen molar-refractivity contribution in [1.82, 2.24) is 15.5 Å². The largest absolute Gasteiger partial charge is 0.468 e. The van der Waals surface area contributed by atoms with E-state index in [1.54, 1.807) is 26.8 Å². The van der Waals surface area contributed by atoms with E-state index in [9.17, 15) is 19.2 Å². The van der Waals surface area contributed by atoms with Gasteiger partial charge in [-0.25, -0.2) is 4.79 Å². The van der Waals surface area contributed by atoms with Crippen LogP contribution in [0.25, 0.3) is 0 Å². The van der Waals surface area contributed by atoms with Gasteiger partial charge in [0.25, 0.3) is 0 Å². The third-order valence-electron chi connectivity index (χ3n) is 5.34. The molecule has 0 saturated carbocycles. The summed E-state index contributed by atoms with van der Waals surface area (Å²) in [4.78, 5) is 52.6. The summed E-state index contributed by atoms with van der Waals surface area (Å²) >= 11 is 4.27. The summed E-state index contributed by atoms with van der Waals surface area (Å²) in [6.07, 6.45) is 0.653. The van der Waals surface area contributed by atoms with Gasteiger partial charge < -0.3 is 25.0 Å². The molecule has 0 spiro atoms. The molecule has 0 aliphatic rings. The molecule has 0 aliphatic carbocycles. The molecule has 2 unspecified atom stereocenters. The highest BCUT2D eigenvalue weighted by Gasteiger charge is 2.36. The van der Waals surface area contributed by atoms with Crippen molar-refractivity contribution < 1.29 is 28.7 Å². The van der Waals surface area contributed by atoms with Crippen LogP contribution >= 0.6 is 12.6 Å². The molecule has 0 saturated heterocycles. The first-order valence-electron chi connectivity index (χ1n) is 11.7. The maximum atomic E-state index is 13.7. The smallest absolute Gasteiger partial charge is 0.408 e. The molecular weight excluding hydrogens is 470 g/mol. The molecule has 1 aromatic carbocycles. The lowest BCUT2D eigenvalue weighted by molar-refractivity contribution is -0.144. The number of benzene rings is 1. The van der Waals surface area contributed by atoms with Crippen molar-refractivity contribution in [3.8, 4) is 0 Å². The minimum Gasteiger partial charge on any atom is -0.468 e. The van der Waals surface area contributed by atoms with Crippen molar-refractivity contribution in [3.05, 3.63) is 34.9 Å². The topological polar surface area (TPSA) is 114 Å². The molecule has 10 heteroatoms. The SMILES string of the molecule is CCCCN(C(=O)C(CS)NC(=O)OC(C)(C)C)C(C(=O)NCC(=O)OC)c1cccc(C)c1C. The summed E-state index contributed by atoms with van der Waals surface area (Å²) in [6, 6.07) is 3.47. The molecule has 3 amide bonds. The van der Waals surface area contributed by atoms with Crippen LogP contribution in [0.2, 0.25) is 0 Å². The molecule has 0 fully saturated rings. The Morgan fingerprint density at radius 1 is 1.14 bits per heavy atom. The van der Waals surface area contributed by atoms with E-state index in [1.165, 1.54) is 12.0 Å². The summed E-state index contributed by atoms with van der Waals surface area (Å²) in [5.74, 6) is -1.60. The van der Waals surface area contributed by atoms with E-state index in [-0.39, 0.29) is 18.8 Å². The van der Waals surface area contributed by atoms with Crippen molar-refractivity contribution in [2.45, 2.75) is 72.1 Å². The van der Waals surface area contributed by atoms with Crippen LogP contribution in [0.3, 0.4) is 0 Å². The van der Waals surface area contributed by atoms with Crippen LogP contribution in [-0.4, -0.2) is 66.4 Å². The lowest BCUT2D eigenvalue weighted by atomic mass is 9.95. The Kier molecular flexibility index (Phi) is 12.1. The van der Waals surface area contributed by atoms with E-state index in [4.69, 9.17) is 4.74 Å². The third kappa shape index (κ3) is 9.43. The summed E-state index contributed by atoms with van der Waals surface area (Å²) in [5.41, 5.74) is 1.69. The molecule has 0 bridgehead atoms. The fraction of sp³-hybridized carbons (Fsp3) is 0.600. The number of nitrogens with one attached hydrogen (secondary N) is 2. The average molecular weight is 510 g/mol. The molecule has 0 aliphatic heterocycles. The predicted octanol–water partition coefficient (Wildman–Crippen LogP) is 3.09. The van der Waals surface area contributed by atoms with Gasteiger partial charge in [0.15, 0.2) is 0 Å². The molecule has 0 aromatic heterocycles. The normalized spacial score (nSPS) is 12.8. The number of hydrogen-bond donors (Lipinski definition) is 3. The molecule has 9 nitrogen and oxygen atoms in total. The van der Waals surface area contributed by atoms with E-state index < -0.39 is 41.6 Å². The second-order valence-corrected chi connectivity index (χ2v) is 9.62. The zero-order valence-electron chi connectivity index (χ0n) is 21.8. The fourth-order valence-electron chi connectivity index (χ4n) is 3.38. The quantitative estimate of drug-likeness (QED) is 0.312. The first-order chi connectivity index (χ1) is 16.4. The molecule has 35 heavy (non-hydrogen) atoms. The van der Waals surface area contributed by atoms with Gasteiger partial charge in [-0.15, -0.1) is 0 Å². The zero-order valence-corrected chi connectivity index (χ0v) is 22.7. The fourth-order valence-corrected chi connectivity index (χ4v) is 3.63.